The van der Waals surface area contributed by atoms with Crippen molar-refractivity contribution < 1.29 is 4.74 Å². The van der Waals surface area contributed by atoms with Crippen molar-refractivity contribution in [3.05, 3.63) is 140 Å². The molecule has 5 heteroatoms. The fourth-order valence-electron chi connectivity index (χ4n) is 6.15. The van der Waals surface area contributed by atoms with E-state index in [9.17, 15) is 0 Å². The number of para-hydroxylation sites is 3. The summed E-state index contributed by atoms with van der Waals surface area (Å²) in [6.07, 6.45) is 1.84. The Labute approximate surface area is 245 Å². The molecule has 42 heavy (non-hydrogen) atoms. The third-order valence-electron chi connectivity index (χ3n) is 8.04. The minimum Gasteiger partial charge on any atom is -0.457 e. The maximum absolute atomic E-state index is 6.57. The average molecular weight is 545 g/mol. The molecule has 0 amide bonds. The first-order valence-corrected chi connectivity index (χ1v) is 14.1. The molecule has 0 atom stereocenters. The lowest BCUT2D eigenvalue weighted by atomic mass is 9.95. The highest BCUT2D eigenvalue weighted by atomic mass is 16.5. The summed E-state index contributed by atoms with van der Waals surface area (Å²) in [4.78, 5) is 11.6. The summed E-state index contributed by atoms with van der Waals surface area (Å²) < 4.78 is 6.57. The Bertz CT molecular complexity index is 1940. The van der Waals surface area contributed by atoms with Gasteiger partial charge in [-0.25, -0.2) is 4.98 Å². The molecule has 0 spiro atoms. The fourth-order valence-corrected chi connectivity index (χ4v) is 6.15. The molecule has 2 aliphatic heterocycles. The lowest BCUT2D eigenvalue weighted by Crippen LogP contribution is -2.23. The van der Waals surface area contributed by atoms with Gasteiger partial charge in [-0.1, -0.05) is 66.7 Å². The molecule has 0 saturated carbocycles. The summed E-state index contributed by atoms with van der Waals surface area (Å²) in [6, 6.07) is 46.4. The van der Waals surface area contributed by atoms with E-state index in [-0.39, 0.29) is 0 Å². The number of hydrogen-bond donors (Lipinski definition) is 0. The quantitative estimate of drug-likeness (QED) is 0.220. The van der Waals surface area contributed by atoms with Crippen LogP contribution in [0.1, 0.15) is 0 Å². The van der Waals surface area contributed by atoms with Crippen molar-refractivity contribution in [3.8, 4) is 33.8 Å². The van der Waals surface area contributed by atoms with Crippen LogP contribution in [0.5, 0.6) is 11.5 Å². The smallest absolute Gasteiger partial charge is 0.137 e. The highest BCUT2D eigenvalue weighted by Crippen LogP contribution is 2.51. The summed E-state index contributed by atoms with van der Waals surface area (Å²) >= 11 is 0. The first-order chi connectivity index (χ1) is 20.7. The fraction of sp³-hybridized carbons (Fsp3) is 0.0541. The van der Waals surface area contributed by atoms with Gasteiger partial charge in [0.05, 0.1) is 29.4 Å². The minimum atomic E-state index is 0.766. The van der Waals surface area contributed by atoms with Crippen LogP contribution in [0, 0.1) is 0 Å². The molecule has 1 aromatic heterocycles. The summed E-state index contributed by atoms with van der Waals surface area (Å²) in [6.45, 7) is 0.791. The topological polar surface area (TPSA) is 31.8 Å². The van der Waals surface area contributed by atoms with E-state index >= 15 is 0 Å². The van der Waals surface area contributed by atoms with Crippen LogP contribution in [0.15, 0.2) is 140 Å². The zero-order valence-electron chi connectivity index (χ0n) is 23.2. The number of hydrogen-bond acceptors (Lipinski definition) is 5. The summed E-state index contributed by atoms with van der Waals surface area (Å²) in [5, 5.41) is 0. The molecule has 3 heterocycles. The van der Waals surface area contributed by atoms with Crippen LogP contribution in [-0.4, -0.2) is 18.7 Å². The van der Waals surface area contributed by atoms with E-state index in [2.05, 4.69) is 137 Å². The second kappa shape index (κ2) is 9.82. The van der Waals surface area contributed by atoms with E-state index in [1.54, 1.807) is 0 Å². The maximum Gasteiger partial charge on any atom is 0.137 e. The Balaban J connectivity index is 1.23. The zero-order valence-corrected chi connectivity index (χ0v) is 23.2. The molecule has 0 saturated heterocycles. The SMILES string of the molecule is CN1CN(c2cccc(Oc3ccc4c(c3)N(c3ccccn3)c3ccccc3-c3ccccc3-4)c2)c2ccccc21. The van der Waals surface area contributed by atoms with E-state index in [4.69, 9.17) is 9.72 Å². The van der Waals surface area contributed by atoms with Crippen molar-refractivity contribution in [1.82, 2.24) is 4.98 Å². The molecule has 0 radical (unpaired) electrons. The number of ether oxygens (including phenoxy) is 1. The van der Waals surface area contributed by atoms with Gasteiger partial charge in [0, 0.05) is 42.2 Å². The number of aromatic nitrogens is 1. The van der Waals surface area contributed by atoms with E-state index in [1.165, 1.54) is 28.1 Å². The van der Waals surface area contributed by atoms with Crippen LogP contribution in [0.25, 0.3) is 22.3 Å². The van der Waals surface area contributed by atoms with Gasteiger partial charge in [0.1, 0.15) is 17.3 Å². The Morgan fingerprint density at radius 2 is 1.21 bits per heavy atom. The molecule has 5 aromatic carbocycles. The van der Waals surface area contributed by atoms with Gasteiger partial charge in [0.2, 0.25) is 0 Å². The van der Waals surface area contributed by atoms with E-state index in [0.29, 0.717) is 0 Å². The van der Waals surface area contributed by atoms with Gasteiger partial charge < -0.3 is 14.5 Å². The van der Waals surface area contributed by atoms with Crippen LogP contribution in [-0.2, 0) is 0 Å². The van der Waals surface area contributed by atoms with Crippen LogP contribution >= 0.6 is 0 Å². The van der Waals surface area contributed by atoms with Crippen molar-refractivity contribution in [1.29, 1.82) is 0 Å². The third-order valence-corrected chi connectivity index (χ3v) is 8.04. The number of pyridine rings is 1. The summed E-state index contributed by atoms with van der Waals surface area (Å²) in [5.41, 5.74) is 10.3. The second-order valence-corrected chi connectivity index (χ2v) is 10.6. The molecule has 2 aliphatic rings. The first-order valence-electron chi connectivity index (χ1n) is 14.1. The molecule has 6 aromatic rings. The molecule has 0 bridgehead atoms. The number of nitrogens with zero attached hydrogens (tertiary/aromatic N) is 4. The second-order valence-electron chi connectivity index (χ2n) is 10.6. The molecule has 0 fully saturated rings. The van der Waals surface area contributed by atoms with Crippen LogP contribution in [0.2, 0.25) is 0 Å². The zero-order chi connectivity index (χ0) is 28.0. The molecule has 5 nitrogen and oxygen atoms in total. The van der Waals surface area contributed by atoms with E-state index in [0.717, 1.165) is 46.6 Å². The number of fused-ring (bicyclic) bond motifs is 6. The molecule has 0 N–H and O–H groups in total. The predicted octanol–water partition coefficient (Wildman–Crippen LogP) is 9.54. The van der Waals surface area contributed by atoms with Crippen molar-refractivity contribution in [2.45, 2.75) is 0 Å². The van der Waals surface area contributed by atoms with Gasteiger partial charge in [0.25, 0.3) is 0 Å². The van der Waals surface area contributed by atoms with Crippen molar-refractivity contribution in [2.24, 2.45) is 0 Å². The third kappa shape index (κ3) is 3.98. The Morgan fingerprint density at radius 1 is 0.548 bits per heavy atom. The van der Waals surface area contributed by atoms with Crippen molar-refractivity contribution in [3.63, 3.8) is 0 Å². The number of anilines is 6. The lowest BCUT2D eigenvalue weighted by molar-refractivity contribution is 0.483. The number of benzene rings is 5. The largest absolute Gasteiger partial charge is 0.457 e. The van der Waals surface area contributed by atoms with Crippen LogP contribution < -0.4 is 19.4 Å². The highest BCUT2D eigenvalue weighted by Gasteiger charge is 2.27. The van der Waals surface area contributed by atoms with Crippen molar-refractivity contribution in [2.75, 3.05) is 28.4 Å². The maximum atomic E-state index is 6.57. The molecule has 0 unspecified atom stereocenters. The molecular formula is C37H28N4O. The summed E-state index contributed by atoms with van der Waals surface area (Å²) in [7, 11) is 2.12. The highest BCUT2D eigenvalue weighted by molar-refractivity contribution is 6.02. The molecule has 0 aliphatic carbocycles. The van der Waals surface area contributed by atoms with Crippen LogP contribution in [0.3, 0.4) is 0 Å². The Hall–Kier alpha value is -5.55. The Kier molecular flexibility index (Phi) is 5.67. The van der Waals surface area contributed by atoms with Crippen LogP contribution in [0.4, 0.5) is 34.3 Å². The molecule has 8 rings (SSSR count). The average Bonchev–Trinajstić information content (AvgIpc) is 3.32. The van der Waals surface area contributed by atoms with Crippen molar-refractivity contribution >= 4 is 34.3 Å². The lowest BCUT2D eigenvalue weighted by Gasteiger charge is -2.26. The van der Waals surface area contributed by atoms with E-state index < -0.39 is 0 Å². The van der Waals surface area contributed by atoms with Gasteiger partial charge in [-0.15, -0.1) is 0 Å². The minimum absolute atomic E-state index is 0.766. The standard InChI is InChI=1S/C37H28N4O/c1-39-25-40(35-18-7-6-17-34(35)39)26-11-10-12-27(23-26)42-28-20-21-32-30-14-3-2-13-29(30)31-15-4-5-16-33(31)41(36(32)24-28)37-19-8-9-22-38-37/h2-24H,25H2,1H3. The van der Waals surface area contributed by atoms with E-state index in [1.807, 2.05) is 24.4 Å². The van der Waals surface area contributed by atoms with Gasteiger partial charge in [-0.05, 0) is 65.7 Å². The predicted molar refractivity (Wildman–Crippen MR) is 172 cm³/mol. The van der Waals surface area contributed by atoms with Gasteiger partial charge in [0.15, 0.2) is 0 Å². The molecular weight excluding hydrogens is 516 g/mol. The normalized spacial score (nSPS) is 13.1. The van der Waals surface area contributed by atoms with Gasteiger partial charge >= 0.3 is 0 Å². The number of rotatable bonds is 4. The van der Waals surface area contributed by atoms with Gasteiger partial charge in [-0.2, -0.15) is 0 Å². The summed E-state index contributed by atoms with van der Waals surface area (Å²) in [5.74, 6) is 2.41. The van der Waals surface area contributed by atoms with Gasteiger partial charge in [-0.3, -0.25) is 4.90 Å². The first kappa shape index (κ1) is 24.3. The molecule has 202 valence electrons. The Morgan fingerprint density at radius 3 is 2.00 bits per heavy atom. The monoisotopic (exact) mass is 544 g/mol.